The molecule has 0 aromatic rings. The molecule has 0 aliphatic carbocycles. The summed E-state index contributed by atoms with van der Waals surface area (Å²) in [6, 6.07) is 0.111. The minimum atomic E-state index is -0.0672. The van der Waals surface area contributed by atoms with Gasteiger partial charge in [-0.05, 0) is 6.42 Å². The van der Waals surface area contributed by atoms with Gasteiger partial charge in [0, 0.05) is 12.1 Å². The number of aliphatic imine (C=N–C) groups is 2. The molecule has 13 heavy (non-hydrogen) atoms. The molecular formula is C8H13N5. The van der Waals surface area contributed by atoms with Gasteiger partial charge in [-0.2, -0.15) is 0 Å². The van der Waals surface area contributed by atoms with Gasteiger partial charge in [0.05, 0.1) is 0 Å². The van der Waals surface area contributed by atoms with Crippen molar-refractivity contribution in [3.8, 4) is 0 Å². The average molecular weight is 179 g/mol. The standard InChI is InChI=1S/C8H13N5/c1-3-5-7-8(12-13-11-7)10-6(4-2)9-5/h7-8H,3-4H2,1-2H3,(H,11,12). The summed E-state index contributed by atoms with van der Waals surface area (Å²) in [5.41, 5.74) is 4.04. The van der Waals surface area contributed by atoms with Gasteiger partial charge < -0.3 is 0 Å². The summed E-state index contributed by atoms with van der Waals surface area (Å²) in [7, 11) is 0. The highest BCUT2D eigenvalue weighted by molar-refractivity contribution is 6.03. The van der Waals surface area contributed by atoms with Gasteiger partial charge in [0.2, 0.25) is 0 Å². The molecule has 2 aliphatic rings. The first-order valence-corrected chi connectivity index (χ1v) is 4.64. The van der Waals surface area contributed by atoms with Crippen molar-refractivity contribution in [1.29, 1.82) is 0 Å². The summed E-state index contributed by atoms with van der Waals surface area (Å²) in [4.78, 5) is 8.81. The number of nitrogens with zero attached hydrogens (tertiary/aromatic N) is 4. The van der Waals surface area contributed by atoms with Crippen molar-refractivity contribution in [2.45, 2.75) is 38.9 Å². The summed E-state index contributed by atoms with van der Waals surface area (Å²) >= 11 is 0. The fraction of sp³-hybridized carbons (Fsp3) is 0.750. The van der Waals surface area contributed by atoms with E-state index >= 15 is 0 Å². The highest BCUT2D eigenvalue weighted by Gasteiger charge is 2.32. The molecule has 5 heteroatoms. The van der Waals surface area contributed by atoms with Crippen LogP contribution >= 0.6 is 0 Å². The first kappa shape index (κ1) is 8.34. The molecule has 0 amide bonds. The van der Waals surface area contributed by atoms with Crippen LogP contribution in [0.2, 0.25) is 0 Å². The van der Waals surface area contributed by atoms with Crippen LogP contribution < -0.4 is 5.43 Å². The number of fused-ring (bicyclic) bond motifs is 1. The third-order valence-corrected chi connectivity index (χ3v) is 2.26. The molecule has 0 spiro atoms. The maximum atomic E-state index is 4.45. The average Bonchev–Trinajstić information content (AvgIpc) is 2.63. The number of hydrogen-bond donors (Lipinski definition) is 1. The molecule has 0 saturated heterocycles. The topological polar surface area (TPSA) is 61.5 Å². The van der Waals surface area contributed by atoms with E-state index in [1.54, 1.807) is 0 Å². The normalized spacial score (nSPS) is 30.6. The maximum Gasteiger partial charge on any atom is 0.191 e. The van der Waals surface area contributed by atoms with E-state index in [0.717, 1.165) is 24.4 Å². The Kier molecular flexibility index (Phi) is 2.08. The third kappa shape index (κ3) is 1.34. The van der Waals surface area contributed by atoms with Gasteiger partial charge in [0.25, 0.3) is 0 Å². The predicted molar refractivity (Wildman–Crippen MR) is 51.0 cm³/mol. The van der Waals surface area contributed by atoms with Crippen molar-refractivity contribution in [3.63, 3.8) is 0 Å². The summed E-state index contributed by atoms with van der Waals surface area (Å²) in [6.45, 7) is 4.14. The summed E-state index contributed by atoms with van der Waals surface area (Å²) in [5.74, 6) is 0.890. The highest BCUT2D eigenvalue weighted by Crippen LogP contribution is 2.17. The quantitative estimate of drug-likeness (QED) is 0.682. The Labute approximate surface area is 77.0 Å². The van der Waals surface area contributed by atoms with Crippen LogP contribution in [0.15, 0.2) is 20.3 Å². The summed E-state index contributed by atoms with van der Waals surface area (Å²) in [6.07, 6.45) is 1.72. The van der Waals surface area contributed by atoms with Crippen molar-refractivity contribution in [2.24, 2.45) is 20.3 Å². The first-order chi connectivity index (χ1) is 6.35. The van der Waals surface area contributed by atoms with Gasteiger partial charge >= 0.3 is 0 Å². The molecule has 2 rings (SSSR count). The SMILES string of the molecule is CCC1=NC2N=NNC2C(CC)=N1. The Hall–Kier alpha value is -1.26. The van der Waals surface area contributed by atoms with E-state index in [-0.39, 0.29) is 12.2 Å². The van der Waals surface area contributed by atoms with Crippen molar-refractivity contribution < 1.29 is 0 Å². The molecule has 0 aromatic carbocycles. The van der Waals surface area contributed by atoms with E-state index in [0.29, 0.717) is 0 Å². The lowest BCUT2D eigenvalue weighted by molar-refractivity contribution is 0.623. The van der Waals surface area contributed by atoms with Crippen molar-refractivity contribution in [1.82, 2.24) is 5.43 Å². The molecule has 0 aromatic heterocycles. The minimum absolute atomic E-state index is 0.0672. The monoisotopic (exact) mass is 179 g/mol. The number of rotatable bonds is 2. The van der Waals surface area contributed by atoms with Crippen LogP contribution in [-0.4, -0.2) is 23.8 Å². The molecular weight excluding hydrogens is 166 g/mol. The van der Waals surface area contributed by atoms with Gasteiger partial charge in [-0.1, -0.05) is 19.1 Å². The Balaban J connectivity index is 2.27. The molecule has 2 aliphatic heterocycles. The highest BCUT2D eigenvalue weighted by atomic mass is 15.5. The molecule has 2 heterocycles. The Morgan fingerprint density at radius 3 is 2.85 bits per heavy atom. The van der Waals surface area contributed by atoms with Crippen molar-refractivity contribution in [3.05, 3.63) is 0 Å². The first-order valence-electron chi connectivity index (χ1n) is 4.64. The van der Waals surface area contributed by atoms with Crippen LogP contribution in [0.1, 0.15) is 26.7 Å². The Morgan fingerprint density at radius 2 is 2.15 bits per heavy atom. The second kappa shape index (κ2) is 3.24. The molecule has 70 valence electrons. The van der Waals surface area contributed by atoms with E-state index in [4.69, 9.17) is 0 Å². The van der Waals surface area contributed by atoms with E-state index in [1.807, 2.05) is 0 Å². The molecule has 0 saturated carbocycles. The van der Waals surface area contributed by atoms with Gasteiger partial charge in [-0.15, -0.1) is 5.11 Å². The third-order valence-electron chi connectivity index (χ3n) is 2.26. The van der Waals surface area contributed by atoms with E-state index in [1.165, 1.54) is 0 Å². The van der Waals surface area contributed by atoms with E-state index in [9.17, 15) is 0 Å². The van der Waals surface area contributed by atoms with Crippen LogP contribution in [0.3, 0.4) is 0 Å². The predicted octanol–water partition coefficient (Wildman–Crippen LogP) is 1.32. The molecule has 2 atom stereocenters. The molecule has 5 nitrogen and oxygen atoms in total. The minimum Gasteiger partial charge on any atom is -0.279 e. The van der Waals surface area contributed by atoms with Gasteiger partial charge in [0.1, 0.15) is 11.9 Å². The van der Waals surface area contributed by atoms with Crippen molar-refractivity contribution in [2.75, 3.05) is 0 Å². The zero-order chi connectivity index (χ0) is 9.26. The number of nitrogens with one attached hydrogen (secondary N) is 1. The molecule has 0 fully saturated rings. The van der Waals surface area contributed by atoms with E-state index in [2.05, 4.69) is 39.6 Å². The molecule has 2 unspecified atom stereocenters. The maximum absolute atomic E-state index is 4.45. The fourth-order valence-corrected chi connectivity index (χ4v) is 1.52. The van der Waals surface area contributed by atoms with Crippen LogP contribution in [0, 0.1) is 0 Å². The smallest absolute Gasteiger partial charge is 0.191 e. The summed E-state index contributed by atoms with van der Waals surface area (Å²) in [5, 5.41) is 7.78. The van der Waals surface area contributed by atoms with Crippen LogP contribution in [0.5, 0.6) is 0 Å². The lowest BCUT2D eigenvalue weighted by Gasteiger charge is -2.20. The Bertz CT molecular complexity index is 291. The largest absolute Gasteiger partial charge is 0.279 e. The van der Waals surface area contributed by atoms with Gasteiger partial charge in [-0.25, -0.2) is 9.98 Å². The van der Waals surface area contributed by atoms with Crippen LogP contribution in [0.25, 0.3) is 0 Å². The fourth-order valence-electron chi connectivity index (χ4n) is 1.52. The zero-order valence-electron chi connectivity index (χ0n) is 7.86. The second-order valence-corrected chi connectivity index (χ2v) is 3.09. The van der Waals surface area contributed by atoms with E-state index < -0.39 is 0 Å². The number of hydrogen-bond acceptors (Lipinski definition) is 5. The lowest BCUT2D eigenvalue weighted by Crippen LogP contribution is -2.40. The van der Waals surface area contributed by atoms with Gasteiger partial charge in [-0.3, -0.25) is 5.43 Å². The number of amidine groups is 1. The zero-order valence-corrected chi connectivity index (χ0v) is 7.86. The Morgan fingerprint density at radius 1 is 1.31 bits per heavy atom. The van der Waals surface area contributed by atoms with Crippen LogP contribution in [-0.2, 0) is 0 Å². The second-order valence-electron chi connectivity index (χ2n) is 3.09. The lowest BCUT2D eigenvalue weighted by atomic mass is 10.1. The molecule has 0 radical (unpaired) electrons. The summed E-state index contributed by atoms with van der Waals surface area (Å²) < 4.78 is 0. The van der Waals surface area contributed by atoms with Gasteiger partial charge in [0.15, 0.2) is 6.17 Å². The molecule has 0 bridgehead atoms. The molecule has 1 N–H and O–H groups in total. The van der Waals surface area contributed by atoms with Crippen LogP contribution in [0.4, 0.5) is 0 Å². The van der Waals surface area contributed by atoms with Crippen molar-refractivity contribution >= 4 is 11.5 Å².